The first-order valence-corrected chi connectivity index (χ1v) is 11.1. The lowest BCUT2D eigenvalue weighted by molar-refractivity contribution is -0.123. The number of aryl methyl sites for hydroxylation is 1. The molecule has 0 spiro atoms. The zero-order chi connectivity index (χ0) is 17.7. The van der Waals surface area contributed by atoms with Crippen molar-refractivity contribution in [2.75, 3.05) is 31.1 Å². The van der Waals surface area contributed by atoms with Gasteiger partial charge in [0.05, 0.1) is 18.1 Å². The Morgan fingerprint density at radius 1 is 1.12 bits per heavy atom. The average molecular weight is 365 g/mol. The van der Waals surface area contributed by atoms with Gasteiger partial charge in [-0.15, -0.1) is 0 Å². The van der Waals surface area contributed by atoms with E-state index in [0.29, 0.717) is 13.0 Å². The lowest BCUT2D eigenvalue weighted by Gasteiger charge is -2.31. The van der Waals surface area contributed by atoms with Crippen LogP contribution < -0.4 is 5.32 Å². The predicted molar refractivity (Wildman–Crippen MR) is 99.1 cm³/mol. The first kappa shape index (κ1) is 18.4. The average Bonchev–Trinajstić information content (AvgIpc) is 2.93. The molecule has 1 amide bonds. The molecule has 1 atom stereocenters. The third kappa shape index (κ3) is 5.82. The number of nitrogens with one attached hydrogen (secondary N) is 1. The Labute approximate surface area is 150 Å². The van der Waals surface area contributed by atoms with Crippen LogP contribution in [0.15, 0.2) is 30.3 Å². The molecule has 3 rings (SSSR count). The van der Waals surface area contributed by atoms with Crippen molar-refractivity contribution in [3.63, 3.8) is 0 Å². The molecule has 0 radical (unpaired) electrons. The lowest BCUT2D eigenvalue weighted by Crippen LogP contribution is -2.45. The summed E-state index contributed by atoms with van der Waals surface area (Å²) in [5.41, 5.74) is 1.40. The van der Waals surface area contributed by atoms with E-state index in [9.17, 15) is 13.2 Å². The molecule has 0 aliphatic carbocycles. The van der Waals surface area contributed by atoms with Gasteiger partial charge in [-0.3, -0.25) is 9.69 Å². The molecule has 1 unspecified atom stereocenters. The van der Waals surface area contributed by atoms with Crippen LogP contribution in [0.1, 0.15) is 31.2 Å². The van der Waals surface area contributed by atoms with Gasteiger partial charge in [0.1, 0.15) is 0 Å². The Morgan fingerprint density at radius 2 is 1.84 bits per heavy atom. The summed E-state index contributed by atoms with van der Waals surface area (Å²) in [4.78, 5) is 14.3. The first-order chi connectivity index (χ1) is 12.0. The van der Waals surface area contributed by atoms with Gasteiger partial charge < -0.3 is 5.32 Å². The Balaban J connectivity index is 1.34. The Morgan fingerprint density at radius 3 is 2.48 bits per heavy atom. The number of piperidine rings is 1. The molecule has 25 heavy (non-hydrogen) atoms. The second kappa shape index (κ2) is 8.32. The van der Waals surface area contributed by atoms with Gasteiger partial charge in [-0.25, -0.2) is 8.42 Å². The number of sulfone groups is 1. The van der Waals surface area contributed by atoms with E-state index in [1.807, 2.05) is 6.07 Å². The molecule has 0 saturated carbocycles. The highest BCUT2D eigenvalue weighted by atomic mass is 32.2. The van der Waals surface area contributed by atoms with Gasteiger partial charge in [-0.1, -0.05) is 30.3 Å². The molecule has 1 N–H and O–H groups in total. The van der Waals surface area contributed by atoms with Crippen LogP contribution in [0.25, 0.3) is 0 Å². The third-order valence-electron chi connectivity index (χ3n) is 5.36. The molecule has 0 bridgehead atoms. The highest BCUT2D eigenvalue weighted by Crippen LogP contribution is 2.22. The lowest BCUT2D eigenvalue weighted by atomic mass is 9.90. The summed E-state index contributed by atoms with van der Waals surface area (Å²) in [6, 6.07) is 10.4. The first-order valence-electron chi connectivity index (χ1n) is 9.26. The molecule has 6 heteroatoms. The maximum atomic E-state index is 12.1. The monoisotopic (exact) mass is 364 g/mol. The fourth-order valence-corrected chi connectivity index (χ4v) is 5.51. The fraction of sp³-hybridized carbons (Fsp3) is 0.632. The van der Waals surface area contributed by atoms with Gasteiger partial charge in [0.25, 0.3) is 0 Å². The van der Waals surface area contributed by atoms with Crippen LogP contribution in [0.5, 0.6) is 0 Å². The normalized spacial score (nSPS) is 24.2. The van der Waals surface area contributed by atoms with E-state index in [2.05, 4.69) is 34.5 Å². The smallest absolute Gasteiger partial charge is 0.234 e. The maximum Gasteiger partial charge on any atom is 0.234 e. The van der Waals surface area contributed by atoms with E-state index < -0.39 is 9.84 Å². The number of amides is 1. The molecule has 2 fully saturated rings. The van der Waals surface area contributed by atoms with E-state index in [4.69, 9.17) is 0 Å². The number of hydrogen-bond acceptors (Lipinski definition) is 4. The molecular weight excluding hydrogens is 336 g/mol. The van der Waals surface area contributed by atoms with Gasteiger partial charge in [-0.05, 0) is 56.7 Å². The number of likely N-dealkylation sites (tertiary alicyclic amines) is 1. The van der Waals surface area contributed by atoms with Gasteiger partial charge >= 0.3 is 0 Å². The summed E-state index contributed by atoms with van der Waals surface area (Å²) in [7, 11) is -2.94. The molecule has 2 saturated heterocycles. The van der Waals surface area contributed by atoms with E-state index in [1.165, 1.54) is 12.0 Å². The molecule has 1 aromatic carbocycles. The molecule has 2 heterocycles. The molecule has 2 aliphatic rings. The number of carbonyl (C=O) groups is 1. The number of hydrogen-bond donors (Lipinski definition) is 1. The van der Waals surface area contributed by atoms with Gasteiger partial charge in [0.15, 0.2) is 9.84 Å². The Kier molecular flexibility index (Phi) is 6.12. The van der Waals surface area contributed by atoms with Crippen molar-refractivity contribution < 1.29 is 13.2 Å². The highest BCUT2D eigenvalue weighted by molar-refractivity contribution is 7.91. The second-order valence-electron chi connectivity index (χ2n) is 7.41. The minimum Gasteiger partial charge on any atom is -0.351 e. The van der Waals surface area contributed by atoms with Crippen LogP contribution in [-0.2, 0) is 21.1 Å². The number of rotatable bonds is 6. The van der Waals surface area contributed by atoms with Crippen molar-refractivity contribution in [2.45, 2.75) is 38.1 Å². The zero-order valence-electron chi connectivity index (χ0n) is 14.7. The van der Waals surface area contributed by atoms with Crippen LogP contribution in [-0.4, -0.2) is 56.4 Å². The van der Waals surface area contributed by atoms with Crippen molar-refractivity contribution in [1.29, 1.82) is 0 Å². The Bertz CT molecular complexity index is 667. The molecule has 0 aromatic heterocycles. The topological polar surface area (TPSA) is 66.5 Å². The van der Waals surface area contributed by atoms with Crippen molar-refractivity contribution in [1.82, 2.24) is 10.2 Å². The zero-order valence-corrected chi connectivity index (χ0v) is 15.5. The fourth-order valence-electron chi connectivity index (χ4n) is 3.83. The van der Waals surface area contributed by atoms with E-state index >= 15 is 0 Å². The summed E-state index contributed by atoms with van der Waals surface area (Å²) in [6.07, 6.45) is 5.16. The van der Waals surface area contributed by atoms with E-state index in [0.717, 1.165) is 38.3 Å². The quantitative estimate of drug-likeness (QED) is 0.833. The van der Waals surface area contributed by atoms with Crippen LogP contribution >= 0.6 is 0 Å². The summed E-state index contributed by atoms with van der Waals surface area (Å²) in [6.45, 7) is 2.30. The van der Waals surface area contributed by atoms with Gasteiger partial charge in [0.2, 0.25) is 5.91 Å². The molecule has 5 nitrogen and oxygen atoms in total. The van der Waals surface area contributed by atoms with Crippen LogP contribution in [0.4, 0.5) is 0 Å². The van der Waals surface area contributed by atoms with Crippen LogP contribution in [0.3, 0.4) is 0 Å². The largest absolute Gasteiger partial charge is 0.351 e. The van der Waals surface area contributed by atoms with E-state index in [-0.39, 0.29) is 23.5 Å². The van der Waals surface area contributed by atoms with Crippen molar-refractivity contribution >= 4 is 15.7 Å². The number of nitrogens with zero attached hydrogens (tertiary/aromatic N) is 1. The Hall–Kier alpha value is -1.40. The minimum absolute atomic E-state index is 0.0372. The van der Waals surface area contributed by atoms with Crippen LogP contribution in [0.2, 0.25) is 0 Å². The SMILES string of the molecule is O=C(CN1CCC(CCc2ccccc2)CC1)NC1CCS(=O)(=O)C1. The molecular formula is C19H28N2O3S. The van der Waals surface area contributed by atoms with Crippen molar-refractivity contribution in [3.05, 3.63) is 35.9 Å². The van der Waals surface area contributed by atoms with Gasteiger partial charge in [-0.2, -0.15) is 0 Å². The summed E-state index contributed by atoms with van der Waals surface area (Å²) >= 11 is 0. The van der Waals surface area contributed by atoms with Gasteiger partial charge in [0, 0.05) is 6.04 Å². The number of benzene rings is 1. The summed E-state index contributed by atoms with van der Waals surface area (Å²) in [5.74, 6) is 0.995. The molecule has 2 aliphatic heterocycles. The standard InChI is InChI=1S/C19H28N2O3S/c22-19(20-18-10-13-25(23,24)15-18)14-21-11-8-17(9-12-21)7-6-16-4-2-1-3-5-16/h1-5,17-18H,6-15H2,(H,20,22). The minimum atomic E-state index is -2.94. The van der Waals surface area contributed by atoms with E-state index in [1.54, 1.807) is 0 Å². The summed E-state index contributed by atoms with van der Waals surface area (Å²) < 4.78 is 22.9. The second-order valence-corrected chi connectivity index (χ2v) is 9.64. The molecule has 1 aromatic rings. The molecule has 138 valence electrons. The predicted octanol–water partition coefficient (Wildman–Crippen LogP) is 1.63. The maximum absolute atomic E-state index is 12.1. The number of carbonyl (C=O) groups excluding carboxylic acids is 1. The third-order valence-corrected chi connectivity index (χ3v) is 7.12. The van der Waals surface area contributed by atoms with Crippen LogP contribution in [0, 0.1) is 5.92 Å². The van der Waals surface area contributed by atoms with Crippen molar-refractivity contribution in [2.24, 2.45) is 5.92 Å². The summed E-state index contributed by atoms with van der Waals surface area (Å²) in [5, 5.41) is 2.88. The van der Waals surface area contributed by atoms with Crippen molar-refractivity contribution in [3.8, 4) is 0 Å². The highest BCUT2D eigenvalue weighted by Gasteiger charge is 2.29.